The normalized spacial score (nSPS) is 10.1. The van der Waals surface area contributed by atoms with Crippen LogP contribution in [0.1, 0.15) is 5.56 Å². The molecule has 0 fully saturated rings. The van der Waals surface area contributed by atoms with Crippen LogP contribution < -0.4 is 10.1 Å². The van der Waals surface area contributed by atoms with E-state index in [2.05, 4.69) is 31.4 Å². The van der Waals surface area contributed by atoms with E-state index in [1.54, 1.807) is 12.6 Å². The summed E-state index contributed by atoms with van der Waals surface area (Å²) in [4.78, 5) is 0. The monoisotopic (exact) mass is 299 g/mol. The van der Waals surface area contributed by atoms with Crippen molar-refractivity contribution < 1.29 is 4.74 Å². The van der Waals surface area contributed by atoms with Crippen molar-refractivity contribution in [1.82, 2.24) is 10.2 Å². The van der Waals surface area contributed by atoms with Crippen molar-refractivity contribution in [2.45, 2.75) is 6.54 Å². The molecule has 1 aromatic carbocycles. The number of ether oxygens (including phenoxy) is 1. The third-order valence-electron chi connectivity index (χ3n) is 2.04. The van der Waals surface area contributed by atoms with E-state index in [4.69, 9.17) is 4.74 Å². The molecule has 0 spiro atoms. The van der Waals surface area contributed by atoms with Crippen molar-refractivity contribution in [2.24, 2.45) is 0 Å². The Morgan fingerprint density at radius 2 is 2.38 bits per heavy atom. The molecule has 0 amide bonds. The molecule has 2 aromatic rings. The molecule has 4 nitrogen and oxygen atoms in total. The van der Waals surface area contributed by atoms with Crippen LogP contribution in [0.3, 0.4) is 0 Å². The third kappa shape index (κ3) is 2.70. The number of nitrogens with zero attached hydrogens (tertiary/aromatic N) is 2. The Labute approximate surface area is 106 Å². The Kier molecular flexibility index (Phi) is 3.74. The van der Waals surface area contributed by atoms with Gasteiger partial charge in [0.25, 0.3) is 0 Å². The van der Waals surface area contributed by atoms with Gasteiger partial charge in [-0.2, -0.15) is 0 Å². The summed E-state index contributed by atoms with van der Waals surface area (Å²) in [7, 11) is 1.66. The Morgan fingerprint density at radius 1 is 1.50 bits per heavy atom. The van der Waals surface area contributed by atoms with Crippen LogP contribution in [-0.2, 0) is 6.54 Å². The minimum Gasteiger partial charge on any atom is -0.497 e. The Bertz CT molecular complexity index is 461. The maximum absolute atomic E-state index is 5.17. The average Bonchev–Trinajstić information content (AvgIpc) is 2.81. The van der Waals surface area contributed by atoms with Crippen molar-refractivity contribution in [3.63, 3.8) is 0 Å². The molecule has 16 heavy (non-hydrogen) atoms. The molecule has 0 bridgehead atoms. The van der Waals surface area contributed by atoms with Crippen LogP contribution in [0.5, 0.6) is 5.75 Å². The van der Waals surface area contributed by atoms with Gasteiger partial charge < -0.3 is 10.1 Å². The number of rotatable bonds is 4. The van der Waals surface area contributed by atoms with Gasteiger partial charge in [0.05, 0.1) is 7.11 Å². The number of halogens is 1. The van der Waals surface area contributed by atoms with Gasteiger partial charge in [0, 0.05) is 11.0 Å². The molecule has 0 aliphatic carbocycles. The first-order chi connectivity index (χ1) is 7.79. The smallest absolute Gasteiger partial charge is 0.205 e. The summed E-state index contributed by atoms with van der Waals surface area (Å²) >= 11 is 4.97. The molecule has 0 unspecified atom stereocenters. The molecule has 0 radical (unpaired) electrons. The maximum atomic E-state index is 5.17. The summed E-state index contributed by atoms with van der Waals surface area (Å²) in [6.45, 7) is 0.687. The van der Waals surface area contributed by atoms with E-state index in [9.17, 15) is 0 Å². The first-order valence-electron chi connectivity index (χ1n) is 4.62. The van der Waals surface area contributed by atoms with E-state index < -0.39 is 0 Å². The molecule has 2 rings (SSSR count). The zero-order valence-corrected chi connectivity index (χ0v) is 11.0. The predicted molar refractivity (Wildman–Crippen MR) is 67.9 cm³/mol. The summed E-state index contributed by atoms with van der Waals surface area (Å²) in [5, 5.41) is 11.7. The lowest BCUT2D eigenvalue weighted by Gasteiger charge is -2.07. The van der Waals surface area contributed by atoms with Gasteiger partial charge in [0.2, 0.25) is 5.13 Å². The molecule has 0 aliphatic rings. The molecule has 0 atom stereocenters. The molecule has 6 heteroatoms. The summed E-state index contributed by atoms with van der Waals surface area (Å²) in [6, 6.07) is 5.87. The number of aromatic nitrogens is 2. The summed E-state index contributed by atoms with van der Waals surface area (Å²) < 4.78 is 6.22. The molecule has 1 heterocycles. The lowest BCUT2D eigenvalue weighted by molar-refractivity contribution is 0.414. The number of hydrogen-bond donors (Lipinski definition) is 1. The van der Waals surface area contributed by atoms with Gasteiger partial charge in [0.15, 0.2) is 0 Å². The largest absolute Gasteiger partial charge is 0.497 e. The highest BCUT2D eigenvalue weighted by Gasteiger charge is 2.03. The van der Waals surface area contributed by atoms with Gasteiger partial charge in [-0.25, -0.2) is 0 Å². The molecular weight excluding hydrogens is 290 g/mol. The Balaban J connectivity index is 2.08. The molecule has 84 valence electrons. The van der Waals surface area contributed by atoms with Gasteiger partial charge >= 0.3 is 0 Å². The second-order valence-corrected chi connectivity index (χ2v) is 4.74. The fourth-order valence-corrected chi connectivity index (χ4v) is 2.07. The van der Waals surface area contributed by atoms with E-state index in [1.165, 1.54) is 11.3 Å². The van der Waals surface area contributed by atoms with Gasteiger partial charge in [-0.05, 0) is 23.8 Å². The lowest BCUT2D eigenvalue weighted by Crippen LogP contribution is -2.00. The highest BCUT2D eigenvalue weighted by molar-refractivity contribution is 9.10. The van der Waals surface area contributed by atoms with Crippen LogP contribution >= 0.6 is 27.3 Å². The predicted octanol–water partition coefficient (Wildman–Crippen LogP) is 2.92. The van der Waals surface area contributed by atoms with Crippen molar-refractivity contribution in [3.8, 4) is 5.75 Å². The Hall–Kier alpha value is -1.14. The van der Waals surface area contributed by atoms with Crippen LogP contribution in [0.25, 0.3) is 0 Å². The zero-order valence-electron chi connectivity index (χ0n) is 8.61. The van der Waals surface area contributed by atoms with Crippen molar-refractivity contribution in [3.05, 3.63) is 33.7 Å². The van der Waals surface area contributed by atoms with Crippen LogP contribution in [0, 0.1) is 0 Å². The number of methoxy groups -OCH3 is 1. The highest BCUT2D eigenvalue weighted by Crippen LogP contribution is 2.23. The summed E-state index contributed by atoms with van der Waals surface area (Å²) in [5.41, 5.74) is 2.82. The topological polar surface area (TPSA) is 47.0 Å². The third-order valence-corrected chi connectivity index (χ3v) is 3.47. The standard InChI is InChI=1S/C10H10BrN3OS/c1-15-8-2-3-9(11)7(4-8)5-12-10-14-13-6-16-10/h2-4,6H,5H2,1H3,(H,12,14). The van der Waals surface area contributed by atoms with Crippen molar-refractivity contribution >= 4 is 32.4 Å². The molecule has 0 aliphatic heterocycles. The highest BCUT2D eigenvalue weighted by atomic mass is 79.9. The first kappa shape index (κ1) is 11.3. The van der Waals surface area contributed by atoms with E-state index >= 15 is 0 Å². The second kappa shape index (κ2) is 5.27. The average molecular weight is 300 g/mol. The van der Waals surface area contributed by atoms with Crippen LogP contribution in [0.2, 0.25) is 0 Å². The van der Waals surface area contributed by atoms with Gasteiger partial charge in [-0.1, -0.05) is 27.3 Å². The zero-order chi connectivity index (χ0) is 11.4. The van der Waals surface area contributed by atoms with E-state index in [0.717, 1.165) is 20.9 Å². The number of benzene rings is 1. The first-order valence-corrected chi connectivity index (χ1v) is 6.29. The molecule has 0 saturated heterocycles. The molecular formula is C10H10BrN3OS. The minimum atomic E-state index is 0.687. The second-order valence-electron chi connectivity index (χ2n) is 3.05. The quantitative estimate of drug-likeness (QED) is 0.943. The van der Waals surface area contributed by atoms with Crippen molar-refractivity contribution in [1.29, 1.82) is 0 Å². The van der Waals surface area contributed by atoms with E-state index in [0.29, 0.717) is 6.54 Å². The Morgan fingerprint density at radius 3 is 3.06 bits per heavy atom. The number of anilines is 1. The number of hydrogen-bond acceptors (Lipinski definition) is 5. The van der Waals surface area contributed by atoms with E-state index in [-0.39, 0.29) is 0 Å². The molecule has 1 N–H and O–H groups in total. The summed E-state index contributed by atoms with van der Waals surface area (Å²) in [5.74, 6) is 0.845. The fraction of sp³-hybridized carbons (Fsp3) is 0.200. The van der Waals surface area contributed by atoms with Crippen molar-refractivity contribution in [2.75, 3.05) is 12.4 Å². The van der Waals surface area contributed by atoms with Crippen LogP contribution in [-0.4, -0.2) is 17.3 Å². The van der Waals surface area contributed by atoms with Gasteiger partial charge in [-0.15, -0.1) is 10.2 Å². The SMILES string of the molecule is COc1ccc(Br)c(CNc2nncs2)c1. The molecule has 1 aromatic heterocycles. The lowest BCUT2D eigenvalue weighted by atomic mass is 10.2. The number of nitrogens with one attached hydrogen (secondary N) is 1. The maximum Gasteiger partial charge on any atom is 0.205 e. The van der Waals surface area contributed by atoms with Gasteiger partial charge in [-0.3, -0.25) is 0 Å². The summed E-state index contributed by atoms with van der Waals surface area (Å²) in [6.07, 6.45) is 0. The van der Waals surface area contributed by atoms with Crippen LogP contribution in [0.4, 0.5) is 5.13 Å². The molecule has 0 saturated carbocycles. The van der Waals surface area contributed by atoms with E-state index in [1.807, 2.05) is 18.2 Å². The van der Waals surface area contributed by atoms with Gasteiger partial charge in [0.1, 0.15) is 11.3 Å². The van der Waals surface area contributed by atoms with Crippen LogP contribution in [0.15, 0.2) is 28.2 Å². The minimum absolute atomic E-state index is 0.687. The fourth-order valence-electron chi connectivity index (χ4n) is 1.23.